The standard InChI is InChI=1S/C12H12FN3/c1-2-7-16-8-15-11(12(16)14)9-3-5-10(13)6-4-9/h2-6,8H,1,7,14H2. The zero-order chi connectivity index (χ0) is 11.5. The normalized spacial score (nSPS) is 10.3. The molecule has 1 heterocycles. The van der Waals surface area contributed by atoms with E-state index in [9.17, 15) is 4.39 Å². The van der Waals surface area contributed by atoms with Gasteiger partial charge in [-0.3, -0.25) is 0 Å². The molecule has 2 rings (SSSR count). The number of nitrogens with two attached hydrogens (primary N) is 1. The number of allylic oxidation sites excluding steroid dienone is 1. The topological polar surface area (TPSA) is 43.8 Å². The van der Waals surface area contributed by atoms with Gasteiger partial charge in [-0.05, 0) is 24.3 Å². The quantitative estimate of drug-likeness (QED) is 0.802. The van der Waals surface area contributed by atoms with Crippen LogP contribution in [0.1, 0.15) is 0 Å². The fourth-order valence-electron chi connectivity index (χ4n) is 1.51. The first-order chi connectivity index (χ1) is 7.72. The summed E-state index contributed by atoms with van der Waals surface area (Å²) < 4.78 is 14.5. The van der Waals surface area contributed by atoms with Gasteiger partial charge in [-0.15, -0.1) is 6.58 Å². The van der Waals surface area contributed by atoms with Gasteiger partial charge in [-0.2, -0.15) is 0 Å². The molecular formula is C12H12FN3. The molecule has 4 heteroatoms. The van der Waals surface area contributed by atoms with Gasteiger partial charge in [-0.1, -0.05) is 6.08 Å². The van der Waals surface area contributed by atoms with Gasteiger partial charge in [0, 0.05) is 12.1 Å². The van der Waals surface area contributed by atoms with Crippen LogP contribution in [0.3, 0.4) is 0 Å². The van der Waals surface area contributed by atoms with Gasteiger partial charge >= 0.3 is 0 Å². The molecular weight excluding hydrogens is 205 g/mol. The van der Waals surface area contributed by atoms with Crippen molar-refractivity contribution in [1.82, 2.24) is 9.55 Å². The van der Waals surface area contributed by atoms with Crippen LogP contribution in [0.2, 0.25) is 0 Å². The maximum Gasteiger partial charge on any atom is 0.131 e. The van der Waals surface area contributed by atoms with E-state index >= 15 is 0 Å². The Kier molecular flexibility index (Phi) is 2.72. The molecule has 0 aliphatic heterocycles. The average molecular weight is 217 g/mol. The van der Waals surface area contributed by atoms with Gasteiger partial charge < -0.3 is 10.3 Å². The minimum atomic E-state index is -0.271. The maximum atomic E-state index is 12.8. The number of aromatic nitrogens is 2. The van der Waals surface area contributed by atoms with Crippen LogP contribution < -0.4 is 5.73 Å². The first kappa shape index (κ1) is 10.4. The lowest BCUT2D eigenvalue weighted by Gasteiger charge is -2.02. The molecule has 0 spiro atoms. The Morgan fingerprint density at radius 1 is 1.38 bits per heavy atom. The van der Waals surface area contributed by atoms with Gasteiger partial charge in [0.25, 0.3) is 0 Å². The summed E-state index contributed by atoms with van der Waals surface area (Å²) in [5.41, 5.74) is 7.39. The van der Waals surface area contributed by atoms with E-state index in [1.165, 1.54) is 12.1 Å². The lowest BCUT2D eigenvalue weighted by atomic mass is 10.1. The molecule has 0 fully saturated rings. The third-order valence-corrected chi connectivity index (χ3v) is 2.32. The minimum absolute atomic E-state index is 0.271. The SMILES string of the molecule is C=CCn1cnc(-c2ccc(F)cc2)c1N. The molecule has 0 aliphatic rings. The van der Waals surface area contributed by atoms with Crippen LogP contribution >= 0.6 is 0 Å². The average Bonchev–Trinajstić information content (AvgIpc) is 2.63. The van der Waals surface area contributed by atoms with Crippen molar-refractivity contribution in [2.24, 2.45) is 0 Å². The summed E-state index contributed by atoms with van der Waals surface area (Å²) in [5, 5.41) is 0. The Hall–Kier alpha value is -2.10. The van der Waals surface area contributed by atoms with Crippen LogP contribution in [-0.2, 0) is 6.54 Å². The van der Waals surface area contributed by atoms with Gasteiger partial charge in [0.1, 0.15) is 17.3 Å². The summed E-state index contributed by atoms with van der Waals surface area (Å²) in [5.74, 6) is 0.291. The summed E-state index contributed by atoms with van der Waals surface area (Å²) in [7, 11) is 0. The Morgan fingerprint density at radius 3 is 2.69 bits per heavy atom. The highest BCUT2D eigenvalue weighted by molar-refractivity contribution is 5.70. The Morgan fingerprint density at radius 2 is 2.06 bits per heavy atom. The Bertz CT molecular complexity index is 499. The highest BCUT2D eigenvalue weighted by atomic mass is 19.1. The fourth-order valence-corrected chi connectivity index (χ4v) is 1.51. The Labute approximate surface area is 93.0 Å². The minimum Gasteiger partial charge on any atom is -0.383 e. The molecule has 1 aromatic carbocycles. The molecule has 0 amide bonds. The second-order valence-electron chi connectivity index (χ2n) is 3.43. The van der Waals surface area contributed by atoms with Gasteiger partial charge in [0.15, 0.2) is 0 Å². The summed E-state index contributed by atoms with van der Waals surface area (Å²) in [4.78, 5) is 4.20. The highest BCUT2D eigenvalue weighted by Crippen LogP contribution is 2.24. The zero-order valence-corrected chi connectivity index (χ0v) is 8.73. The van der Waals surface area contributed by atoms with Crippen molar-refractivity contribution in [3.63, 3.8) is 0 Å². The predicted molar refractivity (Wildman–Crippen MR) is 62.2 cm³/mol. The van der Waals surface area contributed by atoms with E-state index in [0.717, 1.165) is 5.56 Å². The number of benzene rings is 1. The van der Waals surface area contributed by atoms with Crippen molar-refractivity contribution in [1.29, 1.82) is 0 Å². The van der Waals surface area contributed by atoms with E-state index in [1.807, 2.05) is 0 Å². The zero-order valence-electron chi connectivity index (χ0n) is 8.73. The van der Waals surface area contributed by atoms with Crippen LogP contribution in [0.4, 0.5) is 10.2 Å². The van der Waals surface area contributed by atoms with E-state index < -0.39 is 0 Å². The molecule has 16 heavy (non-hydrogen) atoms. The third kappa shape index (κ3) is 1.82. The van der Waals surface area contributed by atoms with Crippen molar-refractivity contribution in [2.45, 2.75) is 6.54 Å². The monoisotopic (exact) mass is 217 g/mol. The number of nitrogen functional groups attached to an aromatic ring is 1. The Balaban J connectivity index is 2.40. The highest BCUT2D eigenvalue weighted by Gasteiger charge is 2.08. The van der Waals surface area contributed by atoms with E-state index in [-0.39, 0.29) is 5.82 Å². The predicted octanol–water partition coefficient (Wildman–Crippen LogP) is 2.46. The number of imidazole rings is 1. The lowest BCUT2D eigenvalue weighted by molar-refractivity contribution is 0.628. The largest absolute Gasteiger partial charge is 0.383 e. The summed E-state index contributed by atoms with van der Waals surface area (Å²) in [6.45, 7) is 4.25. The van der Waals surface area contributed by atoms with Crippen LogP contribution in [0, 0.1) is 5.82 Å². The van der Waals surface area contributed by atoms with Crippen LogP contribution in [0.25, 0.3) is 11.3 Å². The van der Waals surface area contributed by atoms with Gasteiger partial charge in [0.2, 0.25) is 0 Å². The summed E-state index contributed by atoms with van der Waals surface area (Å²) in [6.07, 6.45) is 3.39. The first-order valence-corrected chi connectivity index (χ1v) is 4.90. The number of halogens is 1. The van der Waals surface area contributed by atoms with Crippen LogP contribution in [-0.4, -0.2) is 9.55 Å². The summed E-state index contributed by atoms with van der Waals surface area (Å²) >= 11 is 0. The van der Waals surface area contributed by atoms with E-state index in [0.29, 0.717) is 18.1 Å². The molecule has 0 radical (unpaired) electrons. The third-order valence-electron chi connectivity index (χ3n) is 2.32. The molecule has 2 N–H and O–H groups in total. The second-order valence-corrected chi connectivity index (χ2v) is 3.43. The van der Waals surface area contributed by atoms with Crippen molar-refractivity contribution < 1.29 is 4.39 Å². The summed E-state index contributed by atoms with van der Waals surface area (Å²) in [6, 6.07) is 6.10. The molecule has 0 aliphatic carbocycles. The number of rotatable bonds is 3. The molecule has 82 valence electrons. The smallest absolute Gasteiger partial charge is 0.131 e. The molecule has 0 unspecified atom stereocenters. The molecule has 0 saturated heterocycles. The number of hydrogen-bond acceptors (Lipinski definition) is 2. The van der Waals surface area contributed by atoms with Crippen molar-refractivity contribution in [2.75, 3.05) is 5.73 Å². The maximum absolute atomic E-state index is 12.8. The molecule has 0 bridgehead atoms. The number of nitrogens with zero attached hydrogens (tertiary/aromatic N) is 2. The lowest BCUT2D eigenvalue weighted by Crippen LogP contribution is -2.00. The van der Waals surface area contributed by atoms with E-state index in [1.54, 1.807) is 29.1 Å². The number of hydrogen-bond donors (Lipinski definition) is 1. The van der Waals surface area contributed by atoms with Gasteiger partial charge in [-0.25, -0.2) is 9.37 Å². The number of anilines is 1. The van der Waals surface area contributed by atoms with Crippen molar-refractivity contribution >= 4 is 5.82 Å². The van der Waals surface area contributed by atoms with E-state index in [4.69, 9.17) is 5.73 Å². The van der Waals surface area contributed by atoms with Crippen LogP contribution in [0.15, 0.2) is 43.2 Å². The molecule has 0 atom stereocenters. The van der Waals surface area contributed by atoms with Crippen molar-refractivity contribution in [3.8, 4) is 11.3 Å². The molecule has 2 aromatic rings. The second kappa shape index (κ2) is 4.18. The first-order valence-electron chi connectivity index (χ1n) is 4.90. The van der Waals surface area contributed by atoms with Gasteiger partial charge in [0.05, 0.1) is 6.33 Å². The van der Waals surface area contributed by atoms with E-state index in [2.05, 4.69) is 11.6 Å². The molecule has 1 aromatic heterocycles. The molecule has 3 nitrogen and oxygen atoms in total. The van der Waals surface area contributed by atoms with Crippen molar-refractivity contribution in [3.05, 3.63) is 49.1 Å². The molecule has 0 saturated carbocycles. The van der Waals surface area contributed by atoms with Crippen LogP contribution in [0.5, 0.6) is 0 Å². The fraction of sp³-hybridized carbons (Fsp3) is 0.0833.